The van der Waals surface area contributed by atoms with E-state index >= 15 is 0 Å². The monoisotopic (exact) mass is 276 g/mol. The van der Waals surface area contributed by atoms with Crippen LogP contribution in [-0.2, 0) is 6.42 Å². The Balaban J connectivity index is 1.91. The van der Waals surface area contributed by atoms with Crippen molar-refractivity contribution in [2.75, 3.05) is 0 Å². The zero-order valence-electron chi connectivity index (χ0n) is 9.51. The summed E-state index contributed by atoms with van der Waals surface area (Å²) in [4.78, 5) is 0. The average Bonchev–Trinajstić information content (AvgIpc) is 2.69. The molecular formula is C15H17Br. The van der Waals surface area contributed by atoms with E-state index < -0.39 is 0 Å². The molecule has 2 aliphatic rings. The molecule has 0 spiro atoms. The van der Waals surface area contributed by atoms with Gasteiger partial charge >= 0.3 is 0 Å². The Morgan fingerprint density at radius 2 is 1.75 bits per heavy atom. The molecule has 0 heterocycles. The Morgan fingerprint density at radius 1 is 1.00 bits per heavy atom. The second-order valence-electron chi connectivity index (χ2n) is 5.01. The van der Waals surface area contributed by atoms with Crippen LogP contribution in [0.2, 0.25) is 0 Å². The van der Waals surface area contributed by atoms with Gasteiger partial charge in [-0.3, -0.25) is 0 Å². The van der Waals surface area contributed by atoms with E-state index in [0.29, 0.717) is 0 Å². The quantitative estimate of drug-likeness (QED) is 0.682. The highest BCUT2D eigenvalue weighted by atomic mass is 79.9. The fraction of sp³-hybridized carbons (Fsp3) is 0.467. The van der Waals surface area contributed by atoms with Gasteiger partial charge in [-0.2, -0.15) is 0 Å². The third kappa shape index (κ3) is 1.75. The Kier molecular flexibility index (Phi) is 2.89. The Hall–Kier alpha value is -0.560. The maximum Gasteiger partial charge on any atom is 0.0248 e. The number of allylic oxidation sites excluding steroid dienone is 1. The first-order valence-electron chi connectivity index (χ1n) is 6.33. The molecule has 0 bridgehead atoms. The van der Waals surface area contributed by atoms with Gasteiger partial charge in [-0.1, -0.05) is 59.5 Å². The summed E-state index contributed by atoms with van der Waals surface area (Å²) in [6, 6.07) is 8.81. The molecule has 0 unspecified atom stereocenters. The number of halogens is 1. The van der Waals surface area contributed by atoms with Gasteiger partial charge in [0.2, 0.25) is 0 Å². The summed E-state index contributed by atoms with van der Waals surface area (Å²) in [6.45, 7) is 0. The Labute approximate surface area is 106 Å². The largest absolute Gasteiger partial charge is 0.0619 e. The van der Waals surface area contributed by atoms with Gasteiger partial charge < -0.3 is 0 Å². The van der Waals surface area contributed by atoms with E-state index in [-0.39, 0.29) is 0 Å². The molecule has 1 fully saturated rings. The van der Waals surface area contributed by atoms with Crippen molar-refractivity contribution < 1.29 is 0 Å². The van der Waals surface area contributed by atoms with Crippen molar-refractivity contribution in [1.82, 2.24) is 0 Å². The Bertz CT molecular complexity index is 425. The van der Waals surface area contributed by atoms with Gasteiger partial charge in [0.1, 0.15) is 0 Å². The second-order valence-corrected chi connectivity index (χ2v) is 5.80. The zero-order valence-corrected chi connectivity index (χ0v) is 11.1. The van der Waals surface area contributed by atoms with Gasteiger partial charge in [-0.15, -0.1) is 0 Å². The lowest BCUT2D eigenvalue weighted by atomic mass is 9.83. The van der Waals surface area contributed by atoms with Gasteiger partial charge in [0.25, 0.3) is 0 Å². The van der Waals surface area contributed by atoms with Crippen LogP contribution in [0.5, 0.6) is 0 Å². The molecule has 1 aromatic rings. The topological polar surface area (TPSA) is 0 Å². The van der Waals surface area contributed by atoms with Crippen molar-refractivity contribution in [3.8, 4) is 0 Å². The molecule has 0 amide bonds. The molecule has 1 heteroatoms. The maximum absolute atomic E-state index is 3.82. The predicted octanol–water partition coefficient (Wildman–Crippen LogP) is 4.93. The van der Waals surface area contributed by atoms with E-state index in [1.165, 1.54) is 54.1 Å². The molecular weight excluding hydrogens is 260 g/mol. The van der Waals surface area contributed by atoms with Crippen molar-refractivity contribution in [2.45, 2.75) is 38.5 Å². The van der Waals surface area contributed by atoms with Crippen LogP contribution in [0, 0.1) is 5.92 Å². The molecule has 0 aliphatic heterocycles. The molecule has 0 radical (unpaired) electrons. The van der Waals surface area contributed by atoms with E-state index in [4.69, 9.17) is 0 Å². The molecule has 0 saturated heterocycles. The van der Waals surface area contributed by atoms with Crippen molar-refractivity contribution in [1.29, 1.82) is 0 Å². The SMILES string of the molecule is BrC1=C(C2CCCCC2)Cc2ccccc21. The van der Waals surface area contributed by atoms with Crippen LogP contribution < -0.4 is 0 Å². The summed E-state index contributed by atoms with van der Waals surface area (Å²) < 4.78 is 1.40. The highest BCUT2D eigenvalue weighted by molar-refractivity contribution is 9.15. The van der Waals surface area contributed by atoms with Crippen LogP contribution >= 0.6 is 15.9 Å². The number of fused-ring (bicyclic) bond motifs is 1. The van der Waals surface area contributed by atoms with E-state index in [1.54, 1.807) is 5.57 Å². The van der Waals surface area contributed by atoms with Crippen LogP contribution in [0.1, 0.15) is 43.2 Å². The number of hydrogen-bond acceptors (Lipinski definition) is 0. The number of benzene rings is 1. The summed E-state index contributed by atoms with van der Waals surface area (Å²) in [7, 11) is 0. The minimum Gasteiger partial charge on any atom is -0.0619 e. The van der Waals surface area contributed by atoms with Crippen LogP contribution in [0.3, 0.4) is 0 Å². The lowest BCUT2D eigenvalue weighted by Gasteiger charge is -2.23. The van der Waals surface area contributed by atoms with E-state index in [1.807, 2.05) is 0 Å². The van der Waals surface area contributed by atoms with Gasteiger partial charge in [0.15, 0.2) is 0 Å². The molecule has 0 aromatic heterocycles. The van der Waals surface area contributed by atoms with Crippen LogP contribution in [0.15, 0.2) is 29.8 Å². The second kappa shape index (κ2) is 4.37. The van der Waals surface area contributed by atoms with E-state index in [2.05, 4.69) is 40.2 Å². The molecule has 0 nitrogen and oxygen atoms in total. The first kappa shape index (κ1) is 10.6. The highest BCUT2D eigenvalue weighted by Crippen LogP contribution is 2.43. The van der Waals surface area contributed by atoms with Gasteiger partial charge in [-0.25, -0.2) is 0 Å². The van der Waals surface area contributed by atoms with Crippen molar-refractivity contribution in [2.24, 2.45) is 5.92 Å². The fourth-order valence-corrected chi connectivity index (χ4v) is 3.97. The molecule has 0 N–H and O–H groups in total. The molecule has 2 aliphatic carbocycles. The summed E-state index contributed by atoms with van der Waals surface area (Å²) in [5.74, 6) is 0.843. The van der Waals surface area contributed by atoms with E-state index in [9.17, 15) is 0 Å². The third-order valence-corrected chi connectivity index (χ3v) is 4.95. The van der Waals surface area contributed by atoms with E-state index in [0.717, 1.165) is 5.92 Å². The van der Waals surface area contributed by atoms with Crippen LogP contribution in [-0.4, -0.2) is 0 Å². The zero-order chi connectivity index (χ0) is 11.0. The number of hydrogen-bond donors (Lipinski definition) is 0. The highest BCUT2D eigenvalue weighted by Gasteiger charge is 2.26. The molecule has 84 valence electrons. The normalized spacial score (nSPS) is 21.3. The third-order valence-electron chi connectivity index (χ3n) is 4.01. The average molecular weight is 277 g/mol. The fourth-order valence-electron chi connectivity index (χ4n) is 3.12. The number of rotatable bonds is 1. The minimum atomic E-state index is 0.843. The lowest BCUT2D eigenvalue weighted by Crippen LogP contribution is -2.09. The molecule has 1 saturated carbocycles. The standard InChI is InChI=1S/C15H17Br/c16-15-13-9-5-4-8-12(13)10-14(15)11-6-2-1-3-7-11/h4-5,8-9,11H,1-3,6-7,10H2. The first-order valence-corrected chi connectivity index (χ1v) is 7.12. The molecule has 0 atom stereocenters. The van der Waals surface area contributed by atoms with Gasteiger partial charge in [0, 0.05) is 4.48 Å². The van der Waals surface area contributed by atoms with Crippen LogP contribution in [0.4, 0.5) is 0 Å². The van der Waals surface area contributed by atoms with Crippen molar-refractivity contribution >= 4 is 20.4 Å². The molecule has 1 aromatic carbocycles. The summed E-state index contributed by atoms with van der Waals surface area (Å²) in [5.41, 5.74) is 4.61. The van der Waals surface area contributed by atoms with Crippen molar-refractivity contribution in [3.05, 3.63) is 41.0 Å². The smallest absolute Gasteiger partial charge is 0.0248 e. The van der Waals surface area contributed by atoms with Gasteiger partial charge in [-0.05, 0) is 41.9 Å². The molecule has 16 heavy (non-hydrogen) atoms. The lowest BCUT2D eigenvalue weighted by molar-refractivity contribution is 0.401. The summed E-state index contributed by atoms with van der Waals surface area (Å²) in [6.07, 6.45) is 8.27. The minimum absolute atomic E-state index is 0.843. The summed E-state index contributed by atoms with van der Waals surface area (Å²) in [5, 5.41) is 0. The van der Waals surface area contributed by atoms with Crippen molar-refractivity contribution in [3.63, 3.8) is 0 Å². The molecule has 3 rings (SSSR count). The van der Waals surface area contributed by atoms with Crippen LogP contribution in [0.25, 0.3) is 4.48 Å². The Morgan fingerprint density at radius 3 is 2.50 bits per heavy atom. The maximum atomic E-state index is 3.82. The first-order chi connectivity index (χ1) is 7.86. The predicted molar refractivity (Wildman–Crippen MR) is 72.6 cm³/mol. The summed E-state index contributed by atoms with van der Waals surface area (Å²) >= 11 is 3.82. The van der Waals surface area contributed by atoms with Gasteiger partial charge in [0.05, 0.1) is 0 Å².